The summed E-state index contributed by atoms with van der Waals surface area (Å²) in [5, 5.41) is 23.0. The van der Waals surface area contributed by atoms with Crippen LogP contribution in [0.5, 0.6) is 11.5 Å². The number of carbonyl (C=O) groups is 1. The first-order valence-electron chi connectivity index (χ1n) is 11.3. The number of aromatic hydroxyl groups is 1. The highest BCUT2D eigenvalue weighted by molar-refractivity contribution is 7.99. The van der Waals surface area contributed by atoms with Crippen molar-refractivity contribution in [3.63, 3.8) is 0 Å². The molecule has 0 saturated heterocycles. The predicted octanol–water partition coefficient (Wildman–Crippen LogP) is 4.69. The molecule has 0 atom stereocenters. The van der Waals surface area contributed by atoms with E-state index in [-0.39, 0.29) is 17.4 Å². The molecule has 188 valence electrons. The van der Waals surface area contributed by atoms with Crippen molar-refractivity contribution in [3.05, 3.63) is 95.5 Å². The summed E-state index contributed by atoms with van der Waals surface area (Å²) in [6.07, 6.45) is 3.65. The highest BCUT2D eigenvalue weighted by Crippen LogP contribution is 2.24. The average Bonchev–Trinajstić information content (AvgIpc) is 3.34. The molecule has 1 heterocycles. The molecule has 0 radical (unpaired) electrons. The molecule has 0 aliphatic heterocycles. The van der Waals surface area contributed by atoms with Crippen LogP contribution in [0.2, 0.25) is 5.02 Å². The third kappa shape index (κ3) is 6.38. The topological polar surface area (TPSA) is 103 Å². The number of aromatic amines is 1. The minimum atomic E-state index is -0.320. The molecular weight excluding hydrogens is 510 g/mol. The molecular formula is C27H25ClN5O3S+. The summed E-state index contributed by atoms with van der Waals surface area (Å²) in [4.78, 5) is 12.5. The van der Waals surface area contributed by atoms with Crippen LogP contribution in [0.15, 0.2) is 89.6 Å². The van der Waals surface area contributed by atoms with Gasteiger partial charge in [0.2, 0.25) is 0 Å². The van der Waals surface area contributed by atoms with Gasteiger partial charge in [-0.15, -0.1) is 11.7 Å². The third-order valence-electron chi connectivity index (χ3n) is 5.36. The van der Waals surface area contributed by atoms with Crippen LogP contribution in [-0.4, -0.2) is 40.3 Å². The zero-order valence-corrected chi connectivity index (χ0v) is 21.6. The van der Waals surface area contributed by atoms with E-state index in [0.29, 0.717) is 22.2 Å². The van der Waals surface area contributed by atoms with Crippen LogP contribution in [0.1, 0.15) is 11.1 Å². The molecule has 3 N–H and O–H groups in total. The molecule has 0 fully saturated rings. The standard InChI is InChI=1S/C27H24ClN5O3S/c1-3-5-18-6-4-7-20(25(18)35)16-29-30-24(34)17-37-27-32-31-26(19-8-14-23(36-2)15-9-19)33(27)22-12-10-21(28)11-13-22/h3-4,6-16H,1,5,17H2,2H3,(H2,29,30,34,35)/p+1. The molecule has 1 amide bonds. The van der Waals surface area contributed by atoms with Crippen molar-refractivity contribution in [2.75, 3.05) is 12.9 Å². The molecule has 1 aromatic heterocycles. The summed E-state index contributed by atoms with van der Waals surface area (Å²) in [5.74, 6) is 1.34. The second-order valence-corrected chi connectivity index (χ2v) is 9.20. The summed E-state index contributed by atoms with van der Waals surface area (Å²) in [5.41, 5.74) is 5.46. The van der Waals surface area contributed by atoms with E-state index < -0.39 is 0 Å². The summed E-state index contributed by atoms with van der Waals surface area (Å²) >= 11 is 7.35. The molecule has 0 aliphatic carbocycles. The molecule has 37 heavy (non-hydrogen) atoms. The van der Waals surface area contributed by atoms with E-state index in [1.165, 1.54) is 18.0 Å². The lowest BCUT2D eigenvalue weighted by Gasteiger charge is -2.06. The molecule has 0 bridgehead atoms. The Labute approximate surface area is 223 Å². The third-order valence-corrected chi connectivity index (χ3v) is 6.55. The Balaban J connectivity index is 1.50. The van der Waals surface area contributed by atoms with Crippen LogP contribution in [0.4, 0.5) is 0 Å². The fourth-order valence-corrected chi connectivity index (χ4v) is 4.42. The lowest BCUT2D eigenvalue weighted by molar-refractivity contribution is -0.625. The van der Waals surface area contributed by atoms with E-state index >= 15 is 0 Å². The number of hydrazone groups is 1. The number of para-hydroxylation sites is 1. The predicted molar refractivity (Wildman–Crippen MR) is 146 cm³/mol. The Bertz CT molecular complexity index is 1420. The van der Waals surface area contributed by atoms with Gasteiger partial charge < -0.3 is 9.84 Å². The Morgan fingerprint density at radius 1 is 1.22 bits per heavy atom. The highest BCUT2D eigenvalue weighted by atomic mass is 35.5. The monoisotopic (exact) mass is 534 g/mol. The van der Waals surface area contributed by atoms with E-state index in [2.05, 4.69) is 27.3 Å². The minimum Gasteiger partial charge on any atom is -0.507 e. The summed E-state index contributed by atoms with van der Waals surface area (Å²) in [6, 6.07) is 20.3. The van der Waals surface area contributed by atoms with Gasteiger partial charge in [-0.3, -0.25) is 4.79 Å². The first-order valence-corrected chi connectivity index (χ1v) is 12.6. The number of halogens is 1. The second kappa shape index (κ2) is 12.2. The molecule has 0 spiro atoms. The number of benzene rings is 3. The van der Waals surface area contributed by atoms with Crippen molar-refractivity contribution in [1.29, 1.82) is 0 Å². The van der Waals surface area contributed by atoms with Gasteiger partial charge in [-0.05, 0) is 78.3 Å². The van der Waals surface area contributed by atoms with E-state index in [1.807, 2.05) is 53.1 Å². The maximum absolute atomic E-state index is 12.5. The maximum Gasteiger partial charge on any atom is 0.342 e. The Morgan fingerprint density at radius 2 is 1.97 bits per heavy atom. The quantitative estimate of drug-likeness (QED) is 0.0900. The van der Waals surface area contributed by atoms with E-state index in [1.54, 1.807) is 31.4 Å². The number of H-pyrrole nitrogens is 1. The lowest BCUT2D eigenvalue weighted by atomic mass is 10.1. The zero-order chi connectivity index (χ0) is 26.2. The molecule has 4 aromatic rings. The fourth-order valence-electron chi connectivity index (χ4n) is 3.54. The number of aromatic nitrogens is 3. The number of rotatable bonds is 10. The first-order chi connectivity index (χ1) is 18.0. The number of methoxy groups -OCH3 is 1. The lowest BCUT2D eigenvalue weighted by Crippen LogP contribution is -2.34. The minimum absolute atomic E-state index is 0.0698. The van der Waals surface area contributed by atoms with Crippen molar-refractivity contribution < 1.29 is 19.2 Å². The Morgan fingerprint density at radius 3 is 2.68 bits per heavy atom. The van der Waals surface area contributed by atoms with Crippen LogP contribution < -0.4 is 14.7 Å². The van der Waals surface area contributed by atoms with Crippen LogP contribution in [0.25, 0.3) is 17.1 Å². The van der Waals surface area contributed by atoms with Gasteiger partial charge in [0.25, 0.3) is 11.7 Å². The number of hydrogen-bond donors (Lipinski definition) is 3. The van der Waals surface area contributed by atoms with E-state index in [0.717, 1.165) is 28.4 Å². The van der Waals surface area contributed by atoms with Crippen LogP contribution in [0, 0.1) is 0 Å². The number of thioether (sulfide) groups is 1. The number of phenols is 1. The smallest absolute Gasteiger partial charge is 0.342 e. The van der Waals surface area contributed by atoms with Crippen molar-refractivity contribution in [1.82, 2.24) is 15.6 Å². The Kier molecular flexibility index (Phi) is 8.60. The molecule has 0 unspecified atom stereocenters. The van der Waals surface area contributed by atoms with Crippen LogP contribution in [-0.2, 0) is 11.2 Å². The number of nitrogens with one attached hydrogen (secondary N) is 2. The Hall–Kier alpha value is -4.08. The highest BCUT2D eigenvalue weighted by Gasteiger charge is 2.24. The normalized spacial score (nSPS) is 11.0. The van der Waals surface area contributed by atoms with E-state index in [4.69, 9.17) is 16.3 Å². The van der Waals surface area contributed by atoms with Gasteiger partial charge in [-0.25, -0.2) is 5.43 Å². The molecule has 3 aromatic carbocycles. The molecule has 10 heteroatoms. The summed E-state index contributed by atoms with van der Waals surface area (Å²) in [7, 11) is 1.62. The van der Waals surface area contributed by atoms with Gasteiger partial charge in [0, 0.05) is 10.6 Å². The van der Waals surface area contributed by atoms with Gasteiger partial charge in [0.1, 0.15) is 17.2 Å². The van der Waals surface area contributed by atoms with Crippen molar-refractivity contribution >= 4 is 35.5 Å². The molecule has 0 saturated carbocycles. The van der Waals surface area contributed by atoms with Crippen LogP contribution in [0.3, 0.4) is 0 Å². The second-order valence-electron chi connectivity index (χ2n) is 7.82. The SMILES string of the molecule is C=CCc1cccc(/C=N/NC(=O)CSc2n[nH]c(-c3ccc(OC)cc3)[n+]2-c2ccc(Cl)cc2)c1O. The number of nitrogens with zero attached hydrogens (tertiary/aromatic N) is 3. The van der Waals surface area contributed by atoms with E-state index in [9.17, 15) is 9.90 Å². The zero-order valence-electron chi connectivity index (χ0n) is 20.0. The summed E-state index contributed by atoms with van der Waals surface area (Å²) in [6.45, 7) is 3.69. The van der Waals surface area contributed by atoms with Gasteiger partial charge in [-0.1, -0.05) is 29.8 Å². The number of carbonyl (C=O) groups excluding carboxylic acids is 1. The number of phenolic OH excluding ortho intramolecular Hbond substituents is 1. The molecule has 0 aliphatic rings. The van der Waals surface area contributed by atoms with Gasteiger partial charge in [0.05, 0.1) is 29.7 Å². The molecule has 8 nitrogen and oxygen atoms in total. The van der Waals surface area contributed by atoms with Gasteiger partial charge >= 0.3 is 5.16 Å². The fraction of sp³-hybridized carbons (Fsp3) is 0.111. The average molecular weight is 535 g/mol. The first kappa shape index (κ1) is 26.0. The number of hydrogen-bond acceptors (Lipinski definition) is 6. The van der Waals surface area contributed by atoms with Gasteiger partial charge in [-0.2, -0.15) is 9.67 Å². The van der Waals surface area contributed by atoms with Crippen molar-refractivity contribution in [2.45, 2.75) is 11.6 Å². The van der Waals surface area contributed by atoms with Crippen molar-refractivity contribution in [3.8, 4) is 28.6 Å². The van der Waals surface area contributed by atoms with Crippen molar-refractivity contribution in [2.24, 2.45) is 5.10 Å². The van der Waals surface area contributed by atoms with Gasteiger partial charge in [0.15, 0.2) is 0 Å². The number of allylic oxidation sites excluding steroid dienone is 1. The van der Waals surface area contributed by atoms with Crippen LogP contribution >= 0.6 is 23.4 Å². The largest absolute Gasteiger partial charge is 0.507 e. The number of ether oxygens (including phenoxy) is 1. The summed E-state index contributed by atoms with van der Waals surface area (Å²) < 4.78 is 7.18. The maximum atomic E-state index is 12.5. The number of amides is 1. The molecule has 4 rings (SSSR count).